The summed E-state index contributed by atoms with van der Waals surface area (Å²) in [6, 6.07) is 16.0. The van der Waals surface area contributed by atoms with Crippen molar-refractivity contribution in [1.29, 1.82) is 0 Å². The molecule has 0 unspecified atom stereocenters. The minimum absolute atomic E-state index is 0.151. The normalized spacial score (nSPS) is 13.3. The molecule has 1 saturated carbocycles. The van der Waals surface area contributed by atoms with Gasteiger partial charge in [0.2, 0.25) is 4.96 Å². The van der Waals surface area contributed by atoms with Gasteiger partial charge in [-0.1, -0.05) is 35.1 Å². The zero-order chi connectivity index (χ0) is 21.4. The highest BCUT2D eigenvalue weighted by atomic mass is 32.1. The number of anilines is 1. The van der Waals surface area contributed by atoms with Gasteiger partial charge in [0.05, 0.1) is 5.69 Å². The van der Waals surface area contributed by atoms with Crippen LogP contribution in [0, 0.1) is 6.92 Å². The van der Waals surface area contributed by atoms with E-state index in [2.05, 4.69) is 15.4 Å². The van der Waals surface area contributed by atoms with E-state index < -0.39 is 0 Å². The number of aromatic nitrogens is 3. The van der Waals surface area contributed by atoms with Gasteiger partial charge in [-0.3, -0.25) is 9.59 Å². The van der Waals surface area contributed by atoms with E-state index in [-0.39, 0.29) is 18.1 Å². The van der Waals surface area contributed by atoms with Gasteiger partial charge in [-0.05, 0) is 44.0 Å². The van der Waals surface area contributed by atoms with E-state index in [1.807, 2.05) is 19.1 Å². The van der Waals surface area contributed by atoms with Crippen LogP contribution in [0.3, 0.4) is 0 Å². The lowest BCUT2D eigenvalue weighted by Gasteiger charge is -2.09. The van der Waals surface area contributed by atoms with Crippen LogP contribution in [0.5, 0.6) is 5.75 Å². The van der Waals surface area contributed by atoms with Crippen molar-refractivity contribution < 1.29 is 9.53 Å². The molecule has 0 aliphatic heterocycles. The van der Waals surface area contributed by atoms with Crippen molar-refractivity contribution >= 4 is 27.9 Å². The highest BCUT2D eigenvalue weighted by Gasteiger charge is 2.28. The number of nitrogens with one attached hydrogen (secondary N) is 1. The van der Waals surface area contributed by atoms with Gasteiger partial charge in [-0.15, -0.1) is 0 Å². The van der Waals surface area contributed by atoms with Crippen LogP contribution in [0.15, 0.2) is 59.4 Å². The molecule has 2 aromatic carbocycles. The van der Waals surface area contributed by atoms with Crippen molar-refractivity contribution in [2.24, 2.45) is 0 Å². The number of hydrogen-bond acceptors (Lipinski definition) is 6. The number of carbonyl (C=O) groups excluding carboxylic acids is 1. The summed E-state index contributed by atoms with van der Waals surface area (Å²) in [7, 11) is 0. The maximum atomic E-state index is 12.4. The third-order valence-electron chi connectivity index (χ3n) is 5.03. The predicted molar refractivity (Wildman–Crippen MR) is 119 cm³/mol. The Kier molecular flexibility index (Phi) is 4.99. The molecule has 1 aliphatic carbocycles. The summed E-state index contributed by atoms with van der Waals surface area (Å²) in [4.78, 5) is 29.9. The molecule has 1 aliphatic rings. The average molecular weight is 433 g/mol. The van der Waals surface area contributed by atoms with E-state index in [0.717, 1.165) is 23.4 Å². The van der Waals surface area contributed by atoms with Gasteiger partial charge in [0.25, 0.3) is 11.5 Å². The van der Waals surface area contributed by atoms with Crippen molar-refractivity contribution in [1.82, 2.24) is 14.6 Å². The Balaban J connectivity index is 1.28. The molecule has 0 spiro atoms. The topological polar surface area (TPSA) is 85.6 Å². The van der Waals surface area contributed by atoms with E-state index in [9.17, 15) is 9.59 Å². The maximum Gasteiger partial charge on any atom is 0.275 e. The van der Waals surface area contributed by atoms with Crippen LogP contribution in [0.25, 0.3) is 4.96 Å². The summed E-state index contributed by atoms with van der Waals surface area (Å²) in [6.45, 7) is 2.13. The third kappa shape index (κ3) is 4.34. The quantitative estimate of drug-likeness (QED) is 0.494. The highest BCUT2D eigenvalue weighted by Crippen LogP contribution is 2.41. The fourth-order valence-corrected chi connectivity index (χ4v) is 4.26. The van der Waals surface area contributed by atoms with Crippen LogP contribution in [-0.2, 0) is 6.61 Å². The number of carbonyl (C=O) groups is 1. The second kappa shape index (κ2) is 7.96. The van der Waals surface area contributed by atoms with E-state index in [1.165, 1.54) is 21.9 Å². The largest absolute Gasteiger partial charge is 0.487 e. The number of rotatable bonds is 6. The van der Waals surface area contributed by atoms with Gasteiger partial charge in [-0.2, -0.15) is 9.61 Å². The van der Waals surface area contributed by atoms with Crippen LogP contribution in [-0.4, -0.2) is 20.5 Å². The molecule has 31 heavy (non-hydrogen) atoms. The Hall–Kier alpha value is -3.52. The van der Waals surface area contributed by atoms with Gasteiger partial charge in [0.15, 0.2) is 0 Å². The van der Waals surface area contributed by atoms with Crippen molar-refractivity contribution in [2.75, 3.05) is 5.32 Å². The lowest BCUT2D eigenvalue weighted by Crippen LogP contribution is -2.16. The first-order chi connectivity index (χ1) is 15.0. The molecule has 0 atom stereocenters. The molecule has 4 aromatic rings. The summed E-state index contributed by atoms with van der Waals surface area (Å²) < 4.78 is 7.19. The summed E-state index contributed by atoms with van der Waals surface area (Å²) in [6.07, 6.45) is 2.25. The summed E-state index contributed by atoms with van der Waals surface area (Å²) in [5, 5.41) is 8.23. The van der Waals surface area contributed by atoms with Gasteiger partial charge in [0, 0.05) is 29.3 Å². The van der Waals surface area contributed by atoms with Crippen LogP contribution < -0.4 is 15.6 Å². The molecule has 5 rings (SSSR count). The first-order valence-corrected chi connectivity index (χ1v) is 10.9. The Labute approximate surface area is 182 Å². The van der Waals surface area contributed by atoms with Crippen molar-refractivity contribution in [3.8, 4) is 5.75 Å². The van der Waals surface area contributed by atoms with Crippen LogP contribution in [0.4, 0.5) is 5.69 Å². The number of fused-ring (bicyclic) bond motifs is 1. The molecular formula is C23H20N4O3S. The number of aryl methyl sites for hydroxylation is 1. The van der Waals surface area contributed by atoms with Crippen molar-refractivity contribution in [3.63, 3.8) is 0 Å². The summed E-state index contributed by atoms with van der Waals surface area (Å²) >= 11 is 1.46. The Morgan fingerprint density at radius 1 is 1.19 bits per heavy atom. The van der Waals surface area contributed by atoms with E-state index in [1.54, 1.807) is 36.4 Å². The minimum atomic E-state index is -0.203. The fraction of sp³-hybridized carbons (Fsp3) is 0.217. The number of nitrogens with zero attached hydrogens (tertiary/aromatic N) is 3. The molecule has 0 bridgehead atoms. The molecule has 2 aromatic heterocycles. The zero-order valence-electron chi connectivity index (χ0n) is 16.9. The summed E-state index contributed by atoms with van der Waals surface area (Å²) in [5.41, 5.74) is 2.66. The van der Waals surface area contributed by atoms with Gasteiger partial charge in [0.1, 0.15) is 17.4 Å². The van der Waals surface area contributed by atoms with Crippen molar-refractivity contribution in [2.45, 2.75) is 32.3 Å². The Morgan fingerprint density at radius 2 is 2.00 bits per heavy atom. The lowest BCUT2D eigenvalue weighted by molar-refractivity contribution is 0.102. The molecule has 2 heterocycles. The predicted octanol–water partition coefficient (Wildman–Crippen LogP) is 4.17. The van der Waals surface area contributed by atoms with E-state index in [0.29, 0.717) is 33.6 Å². The molecule has 1 N–H and O–H groups in total. The average Bonchev–Trinajstić information content (AvgIpc) is 3.52. The lowest BCUT2D eigenvalue weighted by atomic mass is 10.1. The van der Waals surface area contributed by atoms with Crippen molar-refractivity contribution in [3.05, 3.63) is 86.8 Å². The molecule has 0 radical (unpaired) electrons. The second-order valence-electron chi connectivity index (χ2n) is 7.63. The smallest absolute Gasteiger partial charge is 0.275 e. The second-order valence-corrected chi connectivity index (χ2v) is 8.62. The van der Waals surface area contributed by atoms with E-state index >= 15 is 0 Å². The van der Waals surface area contributed by atoms with Gasteiger partial charge >= 0.3 is 0 Å². The molecule has 0 saturated heterocycles. The molecule has 1 amide bonds. The molecule has 8 heteroatoms. The molecule has 7 nitrogen and oxygen atoms in total. The summed E-state index contributed by atoms with van der Waals surface area (Å²) in [5.74, 6) is 0.865. The van der Waals surface area contributed by atoms with Gasteiger partial charge < -0.3 is 10.1 Å². The first-order valence-electron chi connectivity index (χ1n) is 10.1. The number of amides is 1. The number of hydrogen-bond donors (Lipinski definition) is 1. The Morgan fingerprint density at radius 3 is 2.77 bits per heavy atom. The number of ether oxygens (including phenoxy) is 1. The standard InChI is InChI=1S/C23H20N4O3S/c1-14-5-7-15(8-6-14)21(29)24-17-3-2-4-19(11-17)30-13-18-12-20(28)27-23(25-18)31-22(26-27)16-9-10-16/h2-8,11-12,16H,9-10,13H2,1H3,(H,24,29). The van der Waals surface area contributed by atoms with Crippen LogP contribution >= 0.6 is 11.3 Å². The zero-order valence-corrected chi connectivity index (χ0v) is 17.7. The molecule has 156 valence electrons. The fourth-order valence-electron chi connectivity index (χ4n) is 3.17. The Bertz CT molecular complexity index is 1320. The van der Waals surface area contributed by atoms with Crippen LogP contribution in [0.1, 0.15) is 45.4 Å². The van der Waals surface area contributed by atoms with E-state index in [4.69, 9.17) is 4.74 Å². The van der Waals surface area contributed by atoms with Gasteiger partial charge in [-0.25, -0.2) is 4.98 Å². The third-order valence-corrected chi connectivity index (χ3v) is 6.10. The SMILES string of the molecule is Cc1ccc(C(=O)Nc2cccc(OCc3cc(=O)n4nc(C5CC5)sc4n3)c2)cc1. The minimum Gasteiger partial charge on any atom is -0.487 e. The maximum absolute atomic E-state index is 12.4. The monoisotopic (exact) mass is 432 g/mol. The highest BCUT2D eigenvalue weighted by molar-refractivity contribution is 7.16. The molecule has 1 fully saturated rings. The molecular weight excluding hydrogens is 412 g/mol. The first kappa shape index (κ1) is 19.4. The van der Waals surface area contributed by atoms with Crippen LogP contribution in [0.2, 0.25) is 0 Å². The number of benzene rings is 2.